The highest BCUT2D eigenvalue weighted by atomic mass is 32.1. The summed E-state index contributed by atoms with van der Waals surface area (Å²) in [6.45, 7) is 2.99. The SMILES string of the molecule is c1cncc(Cc2noc(C3CN(Cc4ccsc4)C3)n2)c1. The summed E-state index contributed by atoms with van der Waals surface area (Å²) in [6.07, 6.45) is 4.27. The number of hydrogen-bond acceptors (Lipinski definition) is 6. The Labute approximate surface area is 132 Å². The minimum Gasteiger partial charge on any atom is -0.339 e. The van der Waals surface area contributed by atoms with Gasteiger partial charge in [-0.1, -0.05) is 11.2 Å². The van der Waals surface area contributed by atoms with Crippen LogP contribution in [0, 0.1) is 0 Å². The Hall–Kier alpha value is -2.05. The van der Waals surface area contributed by atoms with Crippen molar-refractivity contribution in [1.29, 1.82) is 0 Å². The molecule has 1 aliphatic heterocycles. The van der Waals surface area contributed by atoms with Crippen molar-refractivity contribution in [3.05, 3.63) is 64.2 Å². The summed E-state index contributed by atoms with van der Waals surface area (Å²) in [5.41, 5.74) is 2.48. The molecule has 3 aromatic rings. The fraction of sp³-hybridized carbons (Fsp3) is 0.312. The van der Waals surface area contributed by atoms with Crippen molar-refractivity contribution < 1.29 is 4.52 Å². The van der Waals surface area contributed by atoms with Crippen LogP contribution in [0.15, 0.2) is 45.9 Å². The molecule has 1 fully saturated rings. The largest absolute Gasteiger partial charge is 0.339 e. The first-order valence-corrected chi connectivity index (χ1v) is 8.26. The third-order valence-electron chi connectivity index (χ3n) is 3.86. The molecule has 5 nitrogen and oxygen atoms in total. The quantitative estimate of drug-likeness (QED) is 0.725. The van der Waals surface area contributed by atoms with E-state index >= 15 is 0 Å². The van der Waals surface area contributed by atoms with Crippen LogP contribution in [-0.4, -0.2) is 33.1 Å². The first-order chi connectivity index (χ1) is 10.9. The van der Waals surface area contributed by atoms with Crippen LogP contribution in [0.2, 0.25) is 0 Å². The smallest absolute Gasteiger partial charge is 0.232 e. The van der Waals surface area contributed by atoms with Crippen LogP contribution in [-0.2, 0) is 13.0 Å². The zero-order chi connectivity index (χ0) is 14.8. The maximum absolute atomic E-state index is 5.42. The van der Waals surface area contributed by atoms with Gasteiger partial charge >= 0.3 is 0 Å². The van der Waals surface area contributed by atoms with Gasteiger partial charge in [0.15, 0.2) is 5.82 Å². The Morgan fingerprint density at radius 3 is 3.00 bits per heavy atom. The lowest BCUT2D eigenvalue weighted by Crippen LogP contribution is -2.44. The molecule has 0 spiro atoms. The van der Waals surface area contributed by atoms with Crippen LogP contribution in [0.3, 0.4) is 0 Å². The monoisotopic (exact) mass is 312 g/mol. The Kier molecular flexibility index (Phi) is 3.70. The number of rotatable bonds is 5. The third kappa shape index (κ3) is 2.93. The minimum absolute atomic E-state index is 0.369. The summed E-state index contributed by atoms with van der Waals surface area (Å²) in [7, 11) is 0. The molecule has 4 heterocycles. The molecule has 0 atom stereocenters. The fourth-order valence-corrected chi connectivity index (χ4v) is 3.35. The van der Waals surface area contributed by atoms with Crippen molar-refractivity contribution in [2.24, 2.45) is 0 Å². The van der Waals surface area contributed by atoms with Gasteiger partial charge in [-0.25, -0.2) is 0 Å². The van der Waals surface area contributed by atoms with Crippen LogP contribution in [0.5, 0.6) is 0 Å². The fourth-order valence-electron chi connectivity index (χ4n) is 2.69. The molecule has 0 amide bonds. The van der Waals surface area contributed by atoms with Gasteiger partial charge < -0.3 is 4.52 Å². The van der Waals surface area contributed by atoms with Crippen molar-refractivity contribution in [3.63, 3.8) is 0 Å². The maximum Gasteiger partial charge on any atom is 0.232 e. The maximum atomic E-state index is 5.42. The molecule has 112 valence electrons. The van der Waals surface area contributed by atoms with E-state index < -0.39 is 0 Å². The number of nitrogens with zero attached hydrogens (tertiary/aromatic N) is 4. The molecule has 0 radical (unpaired) electrons. The van der Waals surface area contributed by atoms with Crippen LogP contribution in [0.1, 0.15) is 28.8 Å². The van der Waals surface area contributed by atoms with E-state index in [4.69, 9.17) is 4.52 Å². The summed E-state index contributed by atoms with van der Waals surface area (Å²) in [6, 6.07) is 6.12. The van der Waals surface area contributed by atoms with Crippen molar-refractivity contribution in [2.45, 2.75) is 18.9 Å². The molecule has 6 heteroatoms. The highest BCUT2D eigenvalue weighted by molar-refractivity contribution is 7.07. The van der Waals surface area contributed by atoms with Crippen LogP contribution >= 0.6 is 11.3 Å². The Bertz CT molecular complexity index is 720. The molecule has 0 N–H and O–H groups in total. The number of aromatic nitrogens is 3. The summed E-state index contributed by atoms with van der Waals surface area (Å²) in [5, 5.41) is 8.41. The Balaban J connectivity index is 1.33. The van der Waals surface area contributed by atoms with E-state index in [1.165, 1.54) is 5.56 Å². The molecule has 0 unspecified atom stereocenters. The summed E-state index contributed by atoms with van der Waals surface area (Å²) in [4.78, 5) is 11.0. The van der Waals surface area contributed by atoms with Gasteiger partial charge in [-0.2, -0.15) is 16.3 Å². The number of thiophene rings is 1. The summed E-state index contributed by atoms with van der Waals surface area (Å²) < 4.78 is 5.42. The molecule has 0 saturated carbocycles. The first-order valence-electron chi connectivity index (χ1n) is 7.31. The molecule has 3 aromatic heterocycles. The second-order valence-corrected chi connectivity index (χ2v) is 6.39. The lowest BCUT2D eigenvalue weighted by atomic mass is 9.99. The van der Waals surface area contributed by atoms with Crippen LogP contribution < -0.4 is 0 Å². The average molecular weight is 312 g/mol. The van der Waals surface area contributed by atoms with E-state index in [1.807, 2.05) is 18.3 Å². The van der Waals surface area contributed by atoms with Crippen LogP contribution in [0.25, 0.3) is 0 Å². The van der Waals surface area contributed by atoms with E-state index in [0.717, 1.165) is 36.9 Å². The zero-order valence-electron chi connectivity index (χ0n) is 12.1. The predicted molar refractivity (Wildman–Crippen MR) is 83.7 cm³/mol. The van der Waals surface area contributed by atoms with Gasteiger partial charge in [-0.3, -0.25) is 9.88 Å². The standard InChI is InChI=1S/C16H16N4OS/c1-2-12(7-17-4-1)6-15-18-16(21-19-15)14-9-20(10-14)8-13-3-5-22-11-13/h1-5,7,11,14H,6,8-10H2. The van der Waals surface area contributed by atoms with Crippen molar-refractivity contribution in [1.82, 2.24) is 20.0 Å². The van der Waals surface area contributed by atoms with E-state index in [-0.39, 0.29) is 0 Å². The molecular weight excluding hydrogens is 296 g/mol. The lowest BCUT2D eigenvalue weighted by molar-refractivity contribution is 0.117. The molecule has 1 saturated heterocycles. The van der Waals surface area contributed by atoms with Gasteiger partial charge in [0.1, 0.15) is 0 Å². The van der Waals surface area contributed by atoms with E-state index in [2.05, 4.69) is 36.9 Å². The summed E-state index contributed by atoms with van der Waals surface area (Å²) in [5.74, 6) is 1.87. The van der Waals surface area contributed by atoms with Gasteiger partial charge in [0, 0.05) is 38.4 Å². The van der Waals surface area contributed by atoms with Crippen LogP contribution in [0.4, 0.5) is 0 Å². The number of hydrogen-bond donors (Lipinski definition) is 0. The highest BCUT2D eigenvalue weighted by Crippen LogP contribution is 2.27. The van der Waals surface area contributed by atoms with Gasteiger partial charge in [0.2, 0.25) is 5.89 Å². The molecule has 1 aliphatic rings. The predicted octanol–water partition coefficient (Wildman–Crippen LogP) is 2.72. The molecular formula is C16H16N4OS. The van der Waals surface area contributed by atoms with E-state index in [1.54, 1.807) is 17.5 Å². The van der Waals surface area contributed by atoms with Crippen molar-refractivity contribution in [2.75, 3.05) is 13.1 Å². The molecule has 22 heavy (non-hydrogen) atoms. The van der Waals surface area contributed by atoms with Gasteiger partial charge in [0.05, 0.1) is 5.92 Å². The number of pyridine rings is 1. The van der Waals surface area contributed by atoms with Gasteiger partial charge in [-0.05, 0) is 34.0 Å². The van der Waals surface area contributed by atoms with Gasteiger partial charge in [0.25, 0.3) is 0 Å². The van der Waals surface area contributed by atoms with Crippen molar-refractivity contribution >= 4 is 11.3 Å². The minimum atomic E-state index is 0.369. The van der Waals surface area contributed by atoms with E-state index in [9.17, 15) is 0 Å². The topological polar surface area (TPSA) is 55.1 Å². The molecule has 0 aliphatic carbocycles. The molecule has 0 bridgehead atoms. The second-order valence-electron chi connectivity index (χ2n) is 5.61. The average Bonchev–Trinajstić information content (AvgIpc) is 3.15. The third-order valence-corrected chi connectivity index (χ3v) is 4.59. The Morgan fingerprint density at radius 1 is 1.27 bits per heavy atom. The normalized spacial score (nSPS) is 15.8. The Morgan fingerprint density at radius 2 is 2.23 bits per heavy atom. The lowest BCUT2D eigenvalue weighted by Gasteiger charge is -2.36. The van der Waals surface area contributed by atoms with Gasteiger partial charge in [-0.15, -0.1) is 0 Å². The number of likely N-dealkylation sites (tertiary alicyclic amines) is 1. The van der Waals surface area contributed by atoms with E-state index in [0.29, 0.717) is 12.3 Å². The zero-order valence-corrected chi connectivity index (χ0v) is 12.9. The molecule has 0 aromatic carbocycles. The second kappa shape index (κ2) is 5.98. The molecule has 4 rings (SSSR count). The highest BCUT2D eigenvalue weighted by Gasteiger charge is 2.32. The first kappa shape index (κ1) is 13.6. The van der Waals surface area contributed by atoms with Crippen molar-refractivity contribution in [3.8, 4) is 0 Å². The summed E-state index contributed by atoms with van der Waals surface area (Å²) >= 11 is 1.74.